The molecule has 2 unspecified atom stereocenters. The maximum atomic E-state index is 13.2. The van der Waals surface area contributed by atoms with E-state index in [0.717, 1.165) is 102 Å². The molecule has 0 saturated heterocycles. The molecule has 0 spiro atoms. The lowest BCUT2D eigenvalue weighted by Crippen LogP contribution is -2.30. The number of aliphatic hydroxyl groups is 1. The highest BCUT2D eigenvalue weighted by atomic mass is 31.2. The predicted octanol–water partition coefficient (Wildman–Crippen LogP) is 27.4. The summed E-state index contributed by atoms with van der Waals surface area (Å²) in [6, 6.07) is 0. The highest BCUT2D eigenvalue weighted by Crippen LogP contribution is 2.45. The van der Waals surface area contributed by atoms with Crippen LogP contribution >= 0.6 is 15.6 Å². The molecule has 0 fully saturated rings. The number of phosphoric ester groups is 2. The molecular formula is C89H174O17P2. The Morgan fingerprint density at radius 1 is 0.250 bits per heavy atom. The van der Waals surface area contributed by atoms with Crippen LogP contribution in [0.5, 0.6) is 0 Å². The number of ether oxygens (including phenoxy) is 4. The van der Waals surface area contributed by atoms with Gasteiger partial charge in [0.2, 0.25) is 0 Å². The Kier molecular flexibility index (Phi) is 78.8. The fourth-order valence-electron chi connectivity index (χ4n) is 14.0. The zero-order chi connectivity index (χ0) is 79.2. The van der Waals surface area contributed by atoms with Crippen molar-refractivity contribution in [3.8, 4) is 0 Å². The molecule has 0 bridgehead atoms. The van der Waals surface area contributed by atoms with Crippen LogP contribution in [0.3, 0.4) is 0 Å². The van der Waals surface area contributed by atoms with E-state index >= 15 is 0 Å². The van der Waals surface area contributed by atoms with Gasteiger partial charge in [0.15, 0.2) is 12.2 Å². The van der Waals surface area contributed by atoms with Crippen molar-refractivity contribution in [1.29, 1.82) is 0 Å². The molecule has 0 aromatic carbocycles. The molecule has 0 amide bonds. The molecule has 642 valence electrons. The van der Waals surface area contributed by atoms with E-state index in [4.69, 9.17) is 37.0 Å². The maximum Gasteiger partial charge on any atom is 0.472 e. The molecule has 0 radical (unpaired) electrons. The lowest BCUT2D eigenvalue weighted by molar-refractivity contribution is -0.161. The van der Waals surface area contributed by atoms with Crippen molar-refractivity contribution in [3.63, 3.8) is 0 Å². The molecule has 19 heteroatoms. The number of hydrogen-bond donors (Lipinski definition) is 3. The zero-order valence-electron chi connectivity index (χ0n) is 71.2. The number of unbranched alkanes of at least 4 members (excludes halogenated alkanes) is 58. The van der Waals surface area contributed by atoms with Crippen molar-refractivity contribution in [3.05, 3.63) is 0 Å². The van der Waals surface area contributed by atoms with E-state index in [1.54, 1.807) is 0 Å². The van der Waals surface area contributed by atoms with Crippen LogP contribution in [0, 0.1) is 11.8 Å². The van der Waals surface area contributed by atoms with Gasteiger partial charge in [0.05, 0.1) is 26.4 Å². The Balaban J connectivity index is 5.24. The third kappa shape index (κ3) is 82.1. The number of hydrogen-bond acceptors (Lipinski definition) is 15. The minimum Gasteiger partial charge on any atom is -0.462 e. The van der Waals surface area contributed by atoms with Gasteiger partial charge in [0.1, 0.15) is 19.3 Å². The van der Waals surface area contributed by atoms with E-state index in [-0.39, 0.29) is 25.7 Å². The lowest BCUT2D eigenvalue weighted by atomic mass is 10.0. The van der Waals surface area contributed by atoms with E-state index < -0.39 is 97.5 Å². The van der Waals surface area contributed by atoms with Gasteiger partial charge in [0.25, 0.3) is 0 Å². The molecule has 5 atom stereocenters. The number of rotatable bonds is 88. The molecule has 108 heavy (non-hydrogen) atoms. The van der Waals surface area contributed by atoms with Gasteiger partial charge in [-0.25, -0.2) is 9.13 Å². The molecule has 0 aromatic rings. The molecular weight excluding hydrogens is 1400 g/mol. The normalized spacial score (nSPS) is 13.8. The van der Waals surface area contributed by atoms with Gasteiger partial charge >= 0.3 is 39.5 Å². The van der Waals surface area contributed by atoms with Crippen LogP contribution in [0.25, 0.3) is 0 Å². The molecule has 0 aliphatic rings. The molecule has 0 heterocycles. The Morgan fingerprint density at radius 3 is 0.630 bits per heavy atom. The van der Waals surface area contributed by atoms with Crippen LogP contribution in [-0.2, 0) is 65.4 Å². The van der Waals surface area contributed by atoms with Gasteiger partial charge < -0.3 is 33.8 Å². The summed E-state index contributed by atoms with van der Waals surface area (Å²) in [7, 11) is -9.93. The van der Waals surface area contributed by atoms with Crippen LogP contribution in [0.15, 0.2) is 0 Å². The van der Waals surface area contributed by atoms with Gasteiger partial charge in [-0.05, 0) is 37.5 Å². The van der Waals surface area contributed by atoms with Gasteiger partial charge in [0, 0.05) is 25.7 Å². The Labute approximate surface area is 664 Å². The lowest BCUT2D eigenvalue weighted by Gasteiger charge is -2.21. The van der Waals surface area contributed by atoms with Gasteiger partial charge in [-0.1, -0.05) is 427 Å². The first-order valence-electron chi connectivity index (χ1n) is 46.0. The third-order valence-electron chi connectivity index (χ3n) is 21.0. The number of carbonyl (C=O) groups is 4. The molecule has 17 nitrogen and oxygen atoms in total. The molecule has 0 aliphatic carbocycles. The summed E-state index contributed by atoms with van der Waals surface area (Å²) in [5.41, 5.74) is 0. The highest BCUT2D eigenvalue weighted by Gasteiger charge is 2.31. The van der Waals surface area contributed by atoms with Gasteiger partial charge in [-0.3, -0.25) is 37.3 Å². The first kappa shape index (κ1) is 106. The summed E-state index contributed by atoms with van der Waals surface area (Å²) in [6.45, 7) is 9.68. The van der Waals surface area contributed by atoms with Crippen LogP contribution in [0.1, 0.15) is 478 Å². The molecule has 3 N–H and O–H groups in total. The number of phosphoric acid groups is 2. The summed E-state index contributed by atoms with van der Waals surface area (Å²) in [5, 5.41) is 10.7. The second kappa shape index (κ2) is 80.3. The van der Waals surface area contributed by atoms with Crippen molar-refractivity contribution < 1.29 is 80.2 Å². The summed E-state index contributed by atoms with van der Waals surface area (Å²) in [4.78, 5) is 73.3. The second-order valence-corrected chi connectivity index (χ2v) is 35.8. The average molecular weight is 1580 g/mol. The van der Waals surface area contributed by atoms with Crippen molar-refractivity contribution in [2.24, 2.45) is 11.8 Å². The topological polar surface area (TPSA) is 237 Å². The van der Waals surface area contributed by atoms with Crippen molar-refractivity contribution in [2.45, 2.75) is 496 Å². The van der Waals surface area contributed by atoms with Crippen molar-refractivity contribution >= 4 is 39.5 Å². The van der Waals surface area contributed by atoms with E-state index in [1.807, 2.05) is 0 Å². The SMILES string of the molecule is CCCCCCCCCCCCCCCCCCCCCCC(=O)OC[C@H](COP(=O)(O)OC[C@@H](O)COP(=O)(O)OC[C@@H](COC(=O)CCCCCCCCCCC(C)C)OC(=O)CCCCCCCCCCCCCCCCC(C)C)OC(=O)CCCCCCCCCCCCCCCCCCCCCC. The average Bonchev–Trinajstić information content (AvgIpc) is 0.899. The summed E-state index contributed by atoms with van der Waals surface area (Å²) in [6.07, 6.45) is 73.8. The number of carbonyl (C=O) groups excluding carboxylic acids is 4. The summed E-state index contributed by atoms with van der Waals surface area (Å²) >= 11 is 0. The molecule has 0 rings (SSSR count). The minimum absolute atomic E-state index is 0.107. The summed E-state index contributed by atoms with van der Waals surface area (Å²) < 4.78 is 69.0. The maximum absolute atomic E-state index is 13.2. The third-order valence-corrected chi connectivity index (χ3v) is 22.9. The minimum atomic E-state index is -4.97. The van der Waals surface area contributed by atoms with E-state index in [9.17, 15) is 43.2 Å². The zero-order valence-corrected chi connectivity index (χ0v) is 73.0. The van der Waals surface area contributed by atoms with E-state index in [0.29, 0.717) is 25.7 Å². The van der Waals surface area contributed by atoms with Crippen molar-refractivity contribution in [1.82, 2.24) is 0 Å². The van der Waals surface area contributed by atoms with Crippen LogP contribution < -0.4 is 0 Å². The Hall–Kier alpha value is -1.94. The predicted molar refractivity (Wildman–Crippen MR) is 446 cm³/mol. The molecule has 0 saturated carbocycles. The number of aliphatic hydroxyl groups excluding tert-OH is 1. The fraction of sp³-hybridized carbons (Fsp3) is 0.955. The largest absolute Gasteiger partial charge is 0.472 e. The standard InChI is InChI=1S/C89H174O17P2/c1-7-9-11-13-15-17-19-21-23-25-27-29-31-33-38-42-46-53-59-65-71-86(91)99-77-84(105-88(93)73-67-61-55-47-43-39-34-32-30-28-26-24-22-20-18-16-14-12-10-8-2)79-103-107(95,96)101-75-83(90)76-102-108(97,98)104-80-85(78-100-87(92)72-66-60-54-50-49-52-58-64-70-82(5)6)106-89(94)74-68-62-56-48-44-40-36-35-37-41-45-51-57-63-69-81(3)4/h81-85,90H,7-80H2,1-6H3,(H,95,96)(H,97,98)/t83-,84-,85-/m1/s1. The van der Waals surface area contributed by atoms with E-state index in [2.05, 4.69) is 41.5 Å². The van der Waals surface area contributed by atoms with Crippen LogP contribution in [0.4, 0.5) is 0 Å². The Bertz CT molecular complexity index is 2060. The molecule has 0 aliphatic heterocycles. The van der Waals surface area contributed by atoms with Crippen LogP contribution in [-0.4, -0.2) is 96.7 Å². The first-order chi connectivity index (χ1) is 52.4. The van der Waals surface area contributed by atoms with Gasteiger partial charge in [-0.2, -0.15) is 0 Å². The van der Waals surface area contributed by atoms with Gasteiger partial charge in [-0.15, -0.1) is 0 Å². The fourth-order valence-corrected chi connectivity index (χ4v) is 15.5. The van der Waals surface area contributed by atoms with Crippen molar-refractivity contribution in [2.75, 3.05) is 39.6 Å². The highest BCUT2D eigenvalue weighted by molar-refractivity contribution is 7.47. The first-order valence-corrected chi connectivity index (χ1v) is 49.0. The number of esters is 4. The quantitative estimate of drug-likeness (QED) is 0.0222. The molecule has 0 aromatic heterocycles. The Morgan fingerprint density at radius 2 is 0.426 bits per heavy atom. The summed E-state index contributed by atoms with van der Waals surface area (Å²) in [5.74, 6) is -0.578. The van der Waals surface area contributed by atoms with E-state index in [1.165, 1.54) is 295 Å². The second-order valence-electron chi connectivity index (χ2n) is 32.9. The smallest absolute Gasteiger partial charge is 0.462 e. The monoisotopic (exact) mass is 1580 g/mol. The van der Waals surface area contributed by atoms with Crippen LogP contribution in [0.2, 0.25) is 0 Å².